The van der Waals surface area contributed by atoms with Gasteiger partial charge in [0.05, 0.1) is 25.7 Å². The highest BCUT2D eigenvalue weighted by Crippen LogP contribution is 2.34. The molecular formula is C6H4Br2O4S2. The molecule has 4 nitrogen and oxygen atoms in total. The second-order valence-electron chi connectivity index (χ2n) is 2.18. The summed E-state index contributed by atoms with van der Waals surface area (Å²) in [5.74, 6) is -0.557. The molecule has 0 radical (unpaired) electrons. The third kappa shape index (κ3) is 2.56. The van der Waals surface area contributed by atoms with Gasteiger partial charge in [0, 0.05) is 0 Å². The van der Waals surface area contributed by atoms with E-state index < -0.39 is 14.2 Å². The molecule has 0 aromatic carbocycles. The molecule has 1 rings (SSSR count). The highest BCUT2D eigenvalue weighted by atomic mass is 79.9. The second-order valence-corrected chi connectivity index (χ2v) is 8.42. The van der Waals surface area contributed by atoms with Crippen LogP contribution in [-0.2, 0) is 13.0 Å². The van der Waals surface area contributed by atoms with Crippen LogP contribution in [0.2, 0.25) is 0 Å². The summed E-state index contributed by atoms with van der Waals surface area (Å²) in [5, 5.41) is 0. The molecule has 0 atom stereocenters. The van der Waals surface area contributed by atoms with Crippen LogP contribution in [0.5, 0.6) is 0 Å². The number of carbonyl (C=O) groups excluding carboxylic acids is 1. The first-order valence-corrected chi connectivity index (χ1v) is 8.12. The molecule has 1 aromatic heterocycles. The van der Waals surface area contributed by atoms with Gasteiger partial charge in [-0.2, -0.15) is 0 Å². The van der Waals surface area contributed by atoms with Gasteiger partial charge in [-0.1, -0.05) is 0 Å². The van der Waals surface area contributed by atoms with Gasteiger partial charge in [0.2, 0.25) is 8.27 Å². The molecule has 0 saturated carbocycles. The molecule has 1 aromatic rings. The predicted molar refractivity (Wildman–Crippen MR) is 59.5 cm³/mol. The van der Waals surface area contributed by atoms with Crippen LogP contribution in [0.15, 0.2) is 14.7 Å². The first-order valence-electron chi connectivity index (χ1n) is 3.18. The second kappa shape index (κ2) is 4.30. The van der Waals surface area contributed by atoms with Crippen molar-refractivity contribution < 1.29 is 17.9 Å². The monoisotopic (exact) mass is 362 g/mol. The smallest absolute Gasteiger partial charge is 0.348 e. The molecule has 78 valence electrons. The normalized spacial score (nSPS) is 11.4. The summed E-state index contributed by atoms with van der Waals surface area (Å²) in [4.78, 5) is 11.3. The summed E-state index contributed by atoms with van der Waals surface area (Å²) in [6.07, 6.45) is 0. The lowest BCUT2D eigenvalue weighted by atomic mass is 10.5. The zero-order valence-corrected chi connectivity index (χ0v) is 11.6. The van der Waals surface area contributed by atoms with Crippen LogP contribution >= 0.6 is 42.1 Å². The Kier molecular flexibility index (Phi) is 3.73. The van der Waals surface area contributed by atoms with E-state index in [1.54, 1.807) is 0 Å². The number of carbonyl (C=O) groups is 1. The predicted octanol–water partition coefficient (Wildman–Crippen LogP) is 2.38. The number of halogens is 2. The molecule has 0 amide bonds. The average Bonchev–Trinajstić information content (AvgIpc) is 2.45. The molecule has 8 heteroatoms. The lowest BCUT2D eigenvalue weighted by Crippen LogP contribution is -1.97. The molecule has 0 saturated heterocycles. The quantitative estimate of drug-likeness (QED) is 0.597. The van der Waals surface area contributed by atoms with E-state index in [2.05, 4.69) is 35.5 Å². The molecule has 0 unspecified atom stereocenters. The number of rotatable bonds is 2. The summed E-state index contributed by atoms with van der Waals surface area (Å²) in [7, 11) is -2.25. The van der Waals surface area contributed by atoms with Gasteiger partial charge in [0.1, 0.15) is 9.77 Å². The standard InChI is InChI=1S/C6H4Br2O4S2/c1-12-6(9)3-2-4(5(7)13-3)14(8,10)11/h2H,1H3. The Bertz CT molecular complexity index is 462. The minimum absolute atomic E-state index is 0.0305. The zero-order valence-electron chi connectivity index (χ0n) is 6.78. The molecule has 0 aliphatic rings. The zero-order chi connectivity index (χ0) is 10.9. The van der Waals surface area contributed by atoms with Crippen LogP contribution < -0.4 is 0 Å². The van der Waals surface area contributed by atoms with Crippen LogP contribution in [0.4, 0.5) is 0 Å². The van der Waals surface area contributed by atoms with Gasteiger partial charge in [-0.3, -0.25) is 0 Å². The van der Waals surface area contributed by atoms with Crippen molar-refractivity contribution in [3.8, 4) is 0 Å². The van der Waals surface area contributed by atoms with Crippen LogP contribution in [0.1, 0.15) is 9.67 Å². The maximum atomic E-state index is 11.1. The SMILES string of the molecule is COC(=O)c1cc(S(=O)(=O)Br)c(Br)s1. The largest absolute Gasteiger partial charge is 0.465 e. The Hall–Kier alpha value is 0.0800. The minimum atomic E-state index is -3.49. The maximum absolute atomic E-state index is 11.1. The molecule has 0 fully saturated rings. The van der Waals surface area contributed by atoms with Crippen LogP contribution in [0.25, 0.3) is 0 Å². The first kappa shape index (κ1) is 12.2. The molecule has 0 aliphatic heterocycles. The number of hydrogen-bond acceptors (Lipinski definition) is 5. The fraction of sp³-hybridized carbons (Fsp3) is 0.167. The molecule has 0 spiro atoms. The van der Waals surface area contributed by atoms with Crippen LogP contribution in [0.3, 0.4) is 0 Å². The molecular weight excluding hydrogens is 360 g/mol. The Balaban J connectivity index is 3.25. The molecule has 0 N–H and O–H groups in total. The van der Waals surface area contributed by atoms with E-state index in [0.717, 1.165) is 11.3 Å². The van der Waals surface area contributed by atoms with Crippen molar-refractivity contribution in [1.29, 1.82) is 0 Å². The van der Waals surface area contributed by atoms with Crippen molar-refractivity contribution in [2.24, 2.45) is 0 Å². The third-order valence-electron chi connectivity index (χ3n) is 1.30. The lowest BCUT2D eigenvalue weighted by Gasteiger charge is -1.91. The summed E-state index contributed by atoms with van der Waals surface area (Å²) in [5.41, 5.74) is 0. The van der Waals surface area contributed by atoms with Gasteiger partial charge in [-0.05, 0) is 22.0 Å². The summed E-state index contributed by atoms with van der Waals surface area (Å²) < 4.78 is 27.1. The van der Waals surface area contributed by atoms with Crippen molar-refractivity contribution in [2.45, 2.75) is 4.90 Å². The fourth-order valence-corrected chi connectivity index (χ4v) is 5.41. The van der Waals surface area contributed by atoms with E-state index in [4.69, 9.17) is 0 Å². The first-order chi connectivity index (χ1) is 6.36. The summed E-state index contributed by atoms with van der Waals surface area (Å²) in [6, 6.07) is 1.25. The third-order valence-corrected chi connectivity index (χ3v) is 5.41. The Morgan fingerprint density at radius 2 is 2.14 bits per heavy atom. The van der Waals surface area contributed by atoms with Gasteiger partial charge in [0.15, 0.2) is 0 Å². The van der Waals surface area contributed by atoms with E-state index in [1.807, 2.05) is 0 Å². The number of ether oxygens (including phenoxy) is 1. The number of methoxy groups -OCH3 is 1. The number of hydrogen-bond donors (Lipinski definition) is 0. The lowest BCUT2D eigenvalue weighted by molar-refractivity contribution is 0.0606. The minimum Gasteiger partial charge on any atom is -0.465 e. The van der Waals surface area contributed by atoms with Crippen molar-refractivity contribution in [3.05, 3.63) is 14.7 Å². The van der Waals surface area contributed by atoms with E-state index in [-0.39, 0.29) is 9.77 Å². The van der Waals surface area contributed by atoms with Crippen molar-refractivity contribution in [2.75, 3.05) is 7.11 Å². The summed E-state index contributed by atoms with van der Waals surface area (Å²) in [6.45, 7) is 0. The molecule has 0 aliphatic carbocycles. The van der Waals surface area contributed by atoms with Gasteiger partial charge < -0.3 is 4.74 Å². The highest BCUT2D eigenvalue weighted by molar-refractivity contribution is 9.47. The van der Waals surface area contributed by atoms with Crippen molar-refractivity contribution in [3.63, 3.8) is 0 Å². The van der Waals surface area contributed by atoms with Crippen molar-refractivity contribution in [1.82, 2.24) is 0 Å². The average molecular weight is 364 g/mol. The van der Waals surface area contributed by atoms with Crippen LogP contribution in [0, 0.1) is 0 Å². The van der Waals surface area contributed by atoms with Gasteiger partial charge >= 0.3 is 5.97 Å². The molecule has 1 heterocycles. The van der Waals surface area contributed by atoms with E-state index in [9.17, 15) is 13.2 Å². The fourth-order valence-electron chi connectivity index (χ4n) is 0.720. The van der Waals surface area contributed by atoms with Gasteiger partial charge in [-0.15, -0.1) is 11.3 Å². The van der Waals surface area contributed by atoms with Crippen LogP contribution in [-0.4, -0.2) is 21.5 Å². The molecule has 0 bridgehead atoms. The highest BCUT2D eigenvalue weighted by Gasteiger charge is 2.21. The van der Waals surface area contributed by atoms with E-state index >= 15 is 0 Å². The maximum Gasteiger partial charge on any atom is 0.348 e. The molecule has 14 heavy (non-hydrogen) atoms. The van der Waals surface area contributed by atoms with E-state index in [0.29, 0.717) is 3.79 Å². The van der Waals surface area contributed by atoms with E-state index in [1.165, 1.54) is 13.2 Å². The Morgan fingerprint density at radius 1 is 1.57 bits per heavy atom. The Morgan fingerprint density at radius 3 is 2.50 bits per heavy atom. The number of esters is 1. The number of thiophene rings is 1. The summed E-state index contributed by atoms with van der Waals surface area (Å²) >= 11 is 6.58. The Labute approximate surface area is 101 Å². The topological polar surface area (TPSA) is 60.4 Å². The van der Waals surface area contributed by atoms with Gasteiger partial charge in [-0.25, -0.2) is 13.2 Å². The van der Waals surface area contributed by atoms with Gasteiger partial charge in [0.25, 0.3) is 0 Å². The van der Waals surface area contributed by atoms with Crippen molar-refractivity contribution >= 4 is 56.3 Å².